The number of fused-ring (bicyclic) bond motifs is 1. The Hall–Kier alpha value is -3.42. The molecular weight excluding hydrogens is 470 g/mol. The van der Waals surface area contributed by atoms with Crippen molar-refractivity contribution in [3.05, 3.63) is 89.6 Å². The lowest BCUT2D eigenvalue weighted by Crippen LogP contribution is -2.26. The number of carbonyl (C=O) groups excluding carboxylic acids is 2. The zero-order valence-electron chi connectivity index (χ0n) is 18.6. The quantitative estimate of drug-likeness (QED) is 0.303. The maximum Gasteiger partial charge on any atom is 0.251 e. The van der Waals surface area contributed by atoms with Crippen LogP contribution < -0.4 is 15.4 Å². The van der Waals surface area contributed by atoms with Crippen LogP contribution in [0.3, 0.4) is 0 Å². The van der Waals surface area contributed by atoms with E-state index in [1.54, 1.807) is 37.4 Å². The van der Waals surface area contributed by atoms with Crippen LogP contribution in [0, 0.1) is 0 Å². The monoisotopic (exact) mass is 493 g/mol. The van der Waals surface area contributed by atoms with Crippen LogP contribution in [-0.4, -0.2) is 35.8 Å². The molecule has 0 aliphatic carbocycles. The molecule has 0 unspecified atom stereocenters. The fourth-order valence-electron chi connectivity index (χ4n) is 3.60. The zero-order valence-corrected chi connectivity index (χ0v) is 20.2. The second-order valence-corrected chi connectivity index (χ2v) is 8.96. The number of para-hydroxylation sites is 1. The van der Waals surface area contributed by atoms with Crippen LogP contribution in [0.15, 0.2) is 83.9 Å². The maximum atomic E-state index is 12.6. The highest BCUT2D eigenvalue weighted by atomic mass is 35.5. The number of aromatic nitrogens is 1. The largest absolute Gasteiger partial charge is 0.495 e. The number of hydrogen-bond donors (Lipinski definition) is 2. The number of carbonyl (C=O) groups is 2. The zero-order chi connectivity index (χ0) is 23.9. The molecule has 2 amide bonds. The first-order valence-electron chi connectivity index (χ1n) is 10.7. The van der Waals surface area contributed by atoms with Gasteiger partial charge in [-0.05, 0) is 36.4 Å². The number of ether oxygens (including phenoxy) is 1. The van der Waals surface area contributed by atoms with Crippen LogP contribution in [0.5, 0.6) is 5.75 Å². The van der Waals surface area contributed by atoms with Crippen LogP contribution in [0.4, 0.5) is 5.69 Å². The summed E-state index contributed by atoms with van der Waals surface area (Å²) in [7, 11) is 1.55. The van der Waals surface area contributed by atoms with Crippen LogP contribution in [-0.2, 0) is 11.3 Å². The van der Waals surface area contributed by atoms with Gasteiger partial charge in [0, 0.05) is 45.7 Å². The summed E-state index contributed by atoms with van der Waals surface area (Å²) < 4.78 is 7.39. The molecule has 0 bridgehead atoms. The van der Waals surface area contributed by atoms with E-state index in [-0.39, 0.29) is 17.6 Å². The maximum absolute atomic E-state index is 12.6. The second-order valence-electron chi connectivity index (χ2n) is 7.51. The summed E-state index contributed by atoms with van der Waals surface area (Å²) in [6.07, 6.45) is 2.03. The molecule has 0 saturated carbocycles. The Morgan fingerprint density at radius 2 is 1.79 bits per heavy atom. The molecule has 0 atom stereocenters. The number of thioether (sulfide) groups is 1. The lowest BCUT2D eigenvalue weighted by Gasteiger charge is -2.10. The van der Waals surface area contributed by atoms with E-state index in [9.17, 15) is 9.59 Å². The van der Waals surface area contributed by atoms with Crippen molar-refractivity contribution in [1.82, 2.24) is 9.88 Å². The number of methoxy groups -OCH3 is 1. The van der Waals surface area contributed by atoms with Gasteiger partial charge in [-0.1, -0.05) is 48.0 Å². The number of anilines is 1. The van der Waals surface area contributed by atoms with Crippen LogP contribution in [0.2, 0.25) is 5.02 Å². The first-order valence-corrected chi connectivity index (χ1v) is 12.1. The molecule has 0 aliphatic rings. The van der Waals surface area contributed by atoms with Gasteiger partial charge in [0.25, 0.3) is 5.91 Å². The van der Waals surface area contributed by atoms with E-state index in [2.05, 4.69) is 15.2 Å². The predicted molar refractivity (Wildman–Crippen MR) is 138 cm³/mol. The molecule has 0 radical (unpaired) electrons. The van der Waals surface area contributed by atoms with Crippen molar-refractivity contribution in [3.63, 3.8) is 0 Å². The molecule has 3 aromatic carbocycles. The standard InChI is InChI=1S/C26H24ClN3O3S/c1-33-23-12-11-19(27)15-21(23)29-25(31)17-34-24-16-30(22-10-6-5-9-20(22)24)14-13-28-26(32)18-7-3-2-4-8-18/h2-12,15-16H,13-14,17H2,1H3,(H,28,32)(H,29,31). The van der Waals surface area contributed by atoms with Gasteiger partial charge < -0.3 is 19.9 Å². The smallest absolute Gasteiger partial charge is 0.251 e. The van der Waals surface area contributed by atoms with Crippen molar-refractivity contribution in [2.45, 2.75) is 11.4 Å². The van der Waals surface area contributed by atoms with Crippen molar-refractivity contribution in [2.75, 3.05) is 24.7 Å². The predicted octanol–water partition coefficient (Wildman–Crippen LogP) is 5.46. The van der Waals surface area contributed by atoms with Crippen molar-refractivity contribution in [1.29, 1.82) is 0 Å². The Morgan fingerprint density at radius 1 is 1.03 bits per heavy atom. The molecular formula is C26H24ClN3O3S. The van der Waals surface area contributed by atoms with Gasteiger partial charge >= 0.3 is 0 Å². The van der Waals surface area contributed by atoms with E-state index in [0.717, 1.165) is 15.8 Å². The molecule has 4 aromatic rings. The van der Waals surface area contributed by atoms with E-state index in [1.807, 2.05) is 48.7 Å². The van der Waals surface area contributed by atoms with Gasteiger partial charge in [-0.2, -0.15) is 0 Å². The molecule has 174 valence electrons. The minimum atomic E-state index is -0.155. The number of hydrogen-bond acceptors (Lipinski definition) is 4. The Kier molecular flexibility index (Phi) is 7.77. The summed E-state index contributed by atoms with van der Waals surface area (Å²) in [5, 5.41) is 7.41. The number of nitrogens with one attached hydrogen (secondary N) is 2. The van der Waals surface area contributed by atoms with Gasteiger partial charge in [0.1, 0.15) is 5.75 Å². The molecule has 1 heterocycles. The van der Waals surface area contributed by atoms with Gasteiger partial charge in [-0.3, -0.25) is 9.59 Å². The Labute approximate surface area is 207 Å². The summed E-state index contributed by atoms with van der Waals surface area (Å²) in [5.74, 6) is 0.531. The first-order chi connectivity index (χ1) is 16.5. The number of halogens is 1. The van der Waals surface area contributed by atoms with Crippen molar-refractivity contribution >= 4 is 51.8 Å². The molecule has 1 aromatic heterocycles. The van der Waals surface area contributed by atoms with Gasteiger partial charge in [0.15, 0.2) is 0 Å². The molecule has 0 spiro atoms. The van der Waals surface area contributed by atoms with Crippen molar-refractivity contribution < 1.29 is 14.3 Å². The molecule has 2 N–H and O–H groups in total. The third kappa shape index (κ3) is 5.73. The van der Waals surface area contributed by atoms with E-state index >= 15 is 0 Å². The van der Waals surface area contributed by atoms with Gasteiger partial charge in [-0.25, -0.2) is 0 Å². The Balaban J connectivity index is 1.40. The Morgan fingerprint density at radius 3 is 2.59 bits per heavy atom. The molecule has 4 rings (SSSR count). The second kappa shape index (κ2) is 11.1. The highest BCUT2D eigenvalue weighted by Crippen LogP contribution is 2.31. The fourth-order valence-corrected chi connectivity index (χ4v) is 4.66. The third-order valence-electron chi connectivity index (χ3n) is 5.22. The Bertz CT molecular complexity index is 1310. The highest BCUT2D eigenvalue weighted by Gasteiger charge is 2.13. The molecule has 0 aliphatic heterocycles. The SMILES string of the molecule is COc1ccc(Cl)cc1NC(=O)CSc1cn(CCNC(=O)c2ccccc2)c2ccccc12. The minimum absolute atomic E-state index is 0.0974. The normalized spacial score (nSPS) is 10.8. The van der Waals surface area contributed by atoms with E-state index in [0.29, 0.717) is 35.1 Å². The summed E-state index contributed by atoms with van der Waals surface area (Å²) in [4.78, 5) is 25.9. The van der Waals surface area contributed by atoms with E-state index in [4.69, 9.17) is 16.3 Å². The summed E-state index contributed by atoms with van der Waals surface area (Å²) in [6.45, 7) is 1.11. The molecule has 0 fully saturated rings. The number of rotatable bonds is 9. The lowest BCUT2D eigenvalue weighted by atomic mass is 10.2. The average Bonchev–Trinajstić information content (AvgIpc) is 3.21. The van der Waals surface area contributed by atoms with E-state index in [1.165, 1.54) is 11.8 Å². The third-order valence-corrected chi connectivity index (χ3v) is 6.50. The van der Waals surface area contributed by atoms with Crippen molar-refractivity contribution in [3.8, 4) is 5.75 Å². The summed E-state index contributed by atoms with van der Waals surface area (Å²) in [5.41, 5.74) is 2.23. The average molecular weight is 494 g/mol. The van der Waals surface area contributed by atoms with Crippen LogP contribution >= 0.6 is 23.4 Å². The molecule has 0 saturated heterocycles. The van der Waals surface area contributed by atoms with Crippen LogP contribution in [0.25, 0.3) is 10.9 Å². The first kappa shape index (κ1) is 23.7. The lowest BCUT2D eigenvalue weighted by molar-refractivity contribution is -0.113. The number of benzene rings is 3. The van der Waals surface area contributed by atoms with Crippen LogP contribution in [0.1, 0.15) is 10.4 Å². The molecule has 6 nitrogen and oxygen atoms in total. The molecule has 34 heavy (non-hydrogen) atoms. The summed E-state index contributed by atoms with van der Waals surface area (Å²) >= 11 is 7.51. The number of amides is 2. The highest BCUT2D eigenvalue weighted by molar-refractivity contribution is 8.00. The topological polar surface area (TPSA) is 72.4 Å². The summed E-state index contributed by atoms with van der Waals surface area (Å²) in [6, 6.07) is 22.3. The van der Waals surface area contributed by atoms with Gasteiger partial charge in [0.2, 0.25) is 5.91 Å². The number of nitrogens with zero attached hydrogens (tertiary/aromatic N) is 1. The molecule has 8 heteroatoms. The van der Waals surface area contributed by atoms with Gasteiger partial charge in [-0.15, -0.1) is 11.8 Å². The van der Waals surface area contributed by atoms with E-state index < -0.39 is 0 Å². The minimum Gasteiger partial charge on any atom is -0.495 e. The van der Waals surface area contributed by atoms with Gasteiger partial charge in [0.05, 0.1) is 18.6 Å². The fraction of sp³-hybridized carbons (Fsp3) is 0.154. The van der Waals surface area contributed by atoms with Crippen molar-refractivity contribution in [2.24, 2.45) is 0 Å².